The van der Waals surface area contributed by atoms with Crippen molar-refractivity contribution < 1.29 is 4.79 Å². The summed E-state index contributed by atoms with van der Waals surface area (Å²) in [6.45, 7) is 6.31. The van der Waals surface area contributed by atoms with Gasteiger partial charge in [0, 0.05) is 13.2 Å². The van der Waals surface area contributed by atoms with Gasteiger partial charge >= 0.3 is 0 Å². The van der Waals surface area contributed by atoms with Gasteiger partial charge in [-0.05, 0) is 18.1 Å². The van der Waals surface area contributed by atoms with Crippen LogP contribution in [0, 0.1) is 0 Å². The first-order valence-electron chi connectivity index (χ1n) is 5.60. The predicted molar refractivity (Wildman–Crippen MR) is 68.8 cm³/mol. The van der Waals surface area contributed by atoms with Crippen molar-refractivity contribution in [2.24, 2.45) is 0 Å². The Bertz CT molecular complexity index is 313. The Balaban J connectivity index is 0.000000673. The van der Waals surface area contributed by atoms with Crippen LogP contribution in [0.5, 0.6) is 0 Å². The summed E-state index contributed by atoms with van der Waals surface area (Å²) in [6, 6.07) is 1.97. The second-order valence-corrected chi connectivity index (χ2v) is 3.31. The second kappa shape index (κ2) is 8.71. The fourth-order valence-corrected chi connectivity index (χ4v) is 1.06. The summed E-state index contributed by atoms with van der Waals surface area (Å²) in [4.78, 5) is 14.3. The fraction of sp³-hybridized carbons (Fsp3) is 0.500. The molecule has 1 aromatic heterocycles. The molecule has 0 atom stereocenters. The molecule has 0 radical (unpaired) electrons. The summed E-state index contributed by atoms with van der Waals surface area (Å²) in [5.41, 5.74) is 1.98. The third kappa shape index (κ3) is 4.77. The molecule has 90 valence electrons. The van der Waals surface area contributed by atoms with Crippen molar-refractivity contribution in [3.8, 4) is 0 Å². The monoisotopic (exact) mass is 223 g/mol. The van der Waals surface area contributed by atoms with Crippen molar-refractivity contribution >= 4 is 17.9 Å². The number of rotatable bonds is 4. The maximum Gasteiger partial charge on any atom is 0.212 e. The van der Waals surface area contributed by atoms with Gasteiger partial charge in [0.1, 0.15) is 0 Å². The lowest BCUT2D eigenvalue weighted by molar-refractivity contribution is -0.105. The molecule has 0 aliphatic carbocycles. The highest BCUT2D eigenvalue weighted by atomic mass is 16.1. The zero-order valence-electron chi connectivity index (χ0n) is 10.5. The molecular formula is C12H21N3O. The number of nitrogens with zero attached hydrogens (tertiary/aromatic N) is 1. The molecule has 1 aromatic rings. The van der Waals surface area contributed by atoms with Gasteiger partial charge in [-0.2, -0.15) is 0 Å². The van der Waals surface area contributed by atoms with E-state index < -0.39 is 0 Å². The van der Waals surface area contributed by atoms with Gasteiger partial charge < -0.3 is 10.6 Å². The maximum absolute atomic E-state index is 10.2. The number of amides is 1. The van der Waals surface area contributed by atoms with Gasteiger partial charge in [0.25, 0.3) is 0 Å². The molecule has 0 aliphatic rings. The van der Waals surface area contributed by atoms with Crippen molar-refractivity contribution in [2.75, 3.05) is 17.7 Å². The lowest BCUT2D eigenvalue weighted by atomic mass is 10.2. The number of carbonyl (C=O) groups excluding carboxylic acids is 1. The molecule has 0 saturated carbocycles. The standard InChI is InChI=1S/C9H13N3O.C3H8/c1-3-7-4-8(10-2)9(11-5-7)12-6-13;1-3-2/h4-6,10H,3H2,1-2H3,(H,11,12,13);3H2,1-2H3. The summed E-state index contributed by atoms with van der Waals surface area (Å²) in [6.07, 6.45) is 4.56. The highest BCUT2D eigenvalue weighted by Crippen LogP contribution is 2.18. The Hall–Kier alpha value is -1.58. The van der Waals surface area contributed by atoms with E-state index >= 15 is 0 Å². The van der Waals surface area contributed by atoms with Crippen LogP contribution < -0.4 is 10.6 Å². The molecular weight excluding hydrogens is 202 g/mol. The minimum Gasteiger partial charge on any atom is -0.385 e. The predicted octanol–water partition coefficient (Wildman–Crippen LogP) is 2.67. The van der Waals surface area contributed by atoms with Crippen molar-refractivity contribution in [1.29, 1.82) is 0 Å². The summed E-state index contributed by atoms with van der Waals surface area (Å²) < 4.78 is 0. The molecule has 0 aliphatic heterocycles. The Kier molecular flexibility index (Phi) is 7.85. The van der Waals surface area contributed by atoms with Crippen LogP contribution in [0.25, 0.3) is 0 Å². The third-order valence-electron chi connectivity index (χ3n) is 1.82. The van der Waals surface area contributed by atoms with Crippen LogP contribution in [0.3, 0.4) is 0 Å². The molecule has 2 N–H and O–H groups in total. The van der Waals surface area contributed by atoms with Crippen LogP contribution in [0.15, 0.2) is 12.3 Å². The van der Waals surface area contributed by atoms with Crippen LogP contribution in [0.2, 0.25) is 0 Å². The van der Waals surface area contributed by atoms with Crippen LogP contribution >= 0.6 is 0 Å². The lowest BCUT2D eigenvalue weighted by Crippen LogP contribution is -2.02. The molecule has 0 saturated heterocycles. The van der Waals surface area contributed by atoms with Gasteiger partial charge in [-0.15, -0.1) is 0 Å². The average molecular weight is 223 g/mol. The van der Waals surface area contributed by atoms with E-state index in [2.05, 4.69) is 36.4 Å². The third-order valence-corrected chi connectivity index (χ3v) is 1.82. The Labute approximate surface area is 97.5 Å². The van der Waals surface area contributed by atoms with Crippen LogP contribution in [0.1, 0.15) is 32.8 Å². The van der Waals surface area contributed by atoms with Gasteiger partial charge in [-0.3, -0.25) is 4.79 Å². The highest BCUT2D eigenvalue weighted by Gasteiger charge is 2.01. The van der Waals surface area contributed by atoms with Gasteiger partial charge in [0.05, 0.1) is 5.69 Å². The Morgan fingerprint density at radius 2 is 2.00 bits per heavy atom. The molecule has 16 heavy (non-hydrogen) atoms. The molecule has 0 bridgehead atoms. The quantitative estimate of drug-likeness (QED) is 0.772. The number of nitrogens with one attached hydrogen (secondary N) is 2. The minimum absolute atomic E-state index is 0.565. The van der Waals surface area contributed by atoms with E-state index in [4.69, 9.17) is 0 Å². The maximum atomic E-state index is 10.2. The molecule has 0 spiro atoms. The van der Waals surface area contributed by atoms with E-state index in [1.807, 2.05) is 6.07 Å². The molecule has 1 heterocycles. The fourth-order valence-electron chi connectivity index (χ4n) is 1.06. The Morgan fingerprint density at radius 1 is 1.38 bits per heavy atom. The number of pyridine rings is 1. The van der Waals surface area contributed by atoms with Crippen LogP contribution in [0.4, 0.5) is 11.5 Å². The number of aryl methyl sites for hydroxylation is 1. The normalized spacial score (nSPS) is 8.75. The number of anilines is 2. The van der Waals surface area contributed by atoms with Gasteiger partial charge in [0.2, 0.25) is 6.41 Å². The van der Waals surface area contributed by atoms with Crippen LogP contribution in [-0.2, 0) is 11.2 Å². The van der Waals surface area contributed by atoms with Crippen molar-refractivity contribution in [3.63, 3.8) is 0 Å². The zero-order chi connectivity index (χ0) is 12.4. The van der Waals surface area contributed by atoms with Crippen molar-refractivity contribution in [3.05, 3.63) is 17.8 Å². The smallest absolute Gasteiger partial charge is 0.212 e. The number of carbonyl (C=O) groups is 1. The van der Waals surface area contributed by atoms with E-state index in [1.165, 1.54) is 6.42 Å². The lowest BCUT2D eigenvalue weighted by Gasteiger charge is -2.07. The summed E-state index contributed by atoms with van der Waals surface area (Å²) >= 11 is 0. The SMILES string of the molecule is CCC.CCc1cnc(NC=O)c(NC)c1. The van der Waals surface area contributed by atoms with E-state index in [1.54, 1.807) is 13.2 Å². The van der Waals surface area contributed by atoms with E-state index in [0.717, 1.165) is 17.7 Å². The molecule has 1 amide bonds. The first-order valence-corrected chi connectivity index (χ1v) is 5.60. The largest absolute Gasteiger partial charge is 0.385 e. The Morgan fingerprint density at radius 3 is 2.44 bits per heavy atom. The van der Waals surface area contributed by atoms with E-state index in [0.29, 0.717) is 12.2 Å². The molecule has 1 rings (SSSR count). The second-order valence-electron chi connectivity index (χ2n) is 3.31. The van der Waals surface area contributed by atoms with E-state index in [9.17, 15) is 4.79 Å². The van der Waals surface area contributed by atoms with Gasteiger partial charge in [-0.25, -0.2) is 4.98 Å². The molecule has 4 nitrogen and oxygen atoms in total. The first kappa shape index (κ1) is 14.4. The summed E-state index contributed by atoms with van der Waals surface area (Å²) in [7, 11) is 1.80. The molecule has 0 unspecified atom stereocenters. The summed E-state index contributed by atoms with van der Waals surface area (Å²) in [5, 5.41) is 5.50. The number of aromatic nitrogens is 1. The van der Waals surface area contributed by atoms with Crippen molar-refractivity contribution in [2.45, 2.75) is 33.6 Å². The molecule has 0 aromatic carbocycles. The topological polar surface area (TPSA) is 54.0 Å². The minimum atomic E-state index is 0.565. The zero-order valence-corrected chi connectivity index (χ0v) is 10.5. The average Bonchev–Trinajstić information content (AvgIpc) is 2.31. The highest BCUT2D eigenvalue weighted by molar-refractivity contribution is 5.77. The summed E-state index contributed by atoms with van der Waals surface area (Å²) in [5.74, 6) is 0.565. The number of hydrogen-bond acceptors (Lipinski definition) is 3. The van der Waals surface area contributed by atoms with E-state index in [-0.39, 0.29) is 0 Å². The molecule has 0 fully saturated rings. The van der Waals surface area contributed by atoms with Crippen molar-refractivity contribution in [1.82, 2.24) is 4.98 Å². The molecule has 4 heteroatoms. The van der Waals surface area contributed by atoms with Gasteiger partial charge in [0.15, 0.2) is 5.82 Å². The van der Waals surface area contributed by atoms with Gasteiger partial charge in [-0.1, -0.05) is 27.2 Å². The first-order chi connectivity index (χ1) is 7.73. The number of hydrogen-bond donors (Lipinski definition) is 2. The van der Waals surface area contributed by atoms with Crippen LogP contribution in [-0.4, -0.2) is 18.4 Å².